The van der Waals surface area contributed by atoms with Crippen LogP contribution in [0.1, 0.15) is 12.8 Å². The van der Waals surface area contributed by atoms with Crippen molar-refractivity contribution < 1.29 is 0 Å². The molecule has 1 unspecified atom stereocenters. The molecule has 69 valence electrons. The molecular weight excluding hydrogens is 188 g/mol. The van der Waals surface area contributed by atoms with E-state index in [9.17, 15) is 0 Å². The minimum Gasteiger partial charge on any atom is -0.284 e. The number of rotatable bonds is 1. The lowest BCUT2D eigenvalue weighted by Gasteiger charge is -2.35. The van der Waals surface area contributed by atoms with Crippen molar-refractivity contribution in [1.82, 2.24) is 9.62 Å². The molecule has 4 heteroatoms. The fourth-order valence-electron chi connectivity index (χ4n) is 1.65. The van der Waals surface area contributed by atoms with Crippen LogP contribution in [0.4, 0.5) is 0 Å². The Morgan fingerprint density at radius 2 is 2.00 bits per heavy atom. The van der Waals surface area contributed by atoms with Crippen LogP contribution >= 0.6 is 23.7 Å². The Hall–Kier alpha value is 0.620. The molecule has 2 aliphatic rings. The van der Waals surface area contributed by atoms with E-state index in [0.29, 0.717) is 6.17 Å². The van der Waals surface area contributed by atoms with Gasteiger partial charge in [0.1, 0.15) is 0 Å². The topological polar surface area (TPSA) is 17.3 Å². The molecule has 0 aliphatic carbocycles. The second-order valence-electron chi connectivity index (χ2n) is 3.21. The zero-order valence-corrected chi connectivity index (χ0v) is 8.87. The van der Waals surface area contributed by atoms with E-state index in [4.69, 9.17) is 0 Å². The van der Waals surface area contributed by atoms with Crippen molar-refractivity contribution in [2.24, 2.45) is 0 Å². The van der Waals surface area contributed by atoms with Gasteiger partial charge in [0.25, 0.3) is 0 Å². The highest BCUT2D eigenvalue weighted by molar-refractivity contribution is 7.99. The van der Waals surface area contributed by atoms with E-state index >= 15 is 0 Å². The summed E-state index contributed by atoms with van der Waals surface area (Å²) in [5.41, 5.74) is 0. The molecule has 0 spiro atoms. The monoisotopic (exact) mass is 203 g/mol. The van der Waals surface area contributed by atoms with Gasteiger partial charge in [0.05, 0.1) is 6.17 Å². The molecule has 0 amide bonds. The fraction of sp³-hybridized carbons (Fsp3) is 1.00. The Morgan fingerprint density at radius 3 is 2.67 bits per heavy atom. The molecule has 1 atom stereocenters. The van der Waals surface area contributed by atoms with Gasteiger partial charge in [-0.1, -0.05) is 11.9 Å². The zero-order valence-electron chi connectivity index (χ0n) is 7.24. The molecule has 2 fully saturated rings. The molecule has 0 bridgehead atoms. The highest BCUT2D eigenvalue weighted by atomic mass is 32.2. The van der Waals surface area contributed by atoms with Crippen molar-refractivity contribution >= 4 is 23.7 Å². The Morgan fingerprint density at radius 1 is 1.17 bits per heavy atom. The minimum absolute atomic E-state index is 0.546. The second kappa shape index (κ2) is 4.74. The number of hydrogen-bond donors (Lipinski definition) is 0. The predicted octanol–water partition coefficient (Wildman–Crippen LogP) is 1.41. The van der Waals surface area contributed by atoms with Crippen LogP contribution < -0.4 is 4.72 Å². The highest BCUT2D eigenvalue weighted by Crippen LogP contribution is 2.21. The fourth-order valence-corrected chi connectivity index (χ4v) is 3.39. The minimum atomic E-state index is 0.546. The van der Waals surface area contributed by atoms with Gasteiger partial charge in [0.15, 0.2) is 0 Å². The van der Waals surface area contributed by atoms with Crippen LogP contribution in [0.5, 0.6) is 0 Å². The van der Waals surface area contributed by atoms with Crippen LogP contribution in [-0.2, 0) is 0 Å². The maximum Gasteiger partial charge on any atom is 0.0885 e. The lowest BCUT2D eigenvalue weighted by atomic mass is 10.2. The molecule has 0 aromatic heterocycles. The van der Waals surface area contributed by atoms with Gasteiger partial charge in [-0.15, -0.1) is 0 Å². The summed E-state index contributed by atoms with van der Waals surface area (Å²) in [4.78, 5) is 2.54. The molecule has 2 rings (SSSR count). The summed E-state index contributed by atoms with van der Waals surface area (Å²) in [7, 11) is 0. The maximum absolute atomic E-state index is 4.59. The van der Waals surface area contributed by atoms with Gasteiger partial charge in [-0.2, -0.15) is 16.5 Å². The van der Waals surface area contributed by atoms with E-state index in [-0.39, 0.29) is 0 Å². The van der Waals surface area contributed by atoms with Gasteiger partial charge in [0, 0.05) is 30.3 Å². The van der Waals surface area contributed by atoms with E-state index in [1.807, 2.05) is 0 Å². The molecule has 2 aliphatic heterocycles. The maximum atomic E-state index is 4.59. The molecule has 2 nitrogen and oxygen atoms in total. The summed E-state index contributed by atoms with van der Waals surface area (Å²) in [6.07, 6.45) is 3.19. The normalized spacial score (nSPS) is 33.5. The first-order valence-corrected chi connectivity index (χ1v) is 6.70. The zero-order chi connectivity index (χ0) is 8.23. The van der Waals surface area contributed by atoms with Crippen LogP contribution in [0.3, 0.4) is 0 Å². The number of thioether (sulfide) groups is 1. The van der Waals surface area contributed by atoms with Crippen LogP contribution in [0.2, 0.25) is 0 Å². The van der Waals surface area contributed by atoms with Crippen molar-refractivity contribution in [1.29, 1.82) is 0 Å². The first-order valence-electron chi connectivity index (χ1n) is 4.61. The van der Waals surface area contributed by atoms with Crippen molar-refractivity contribution in [2.45, 2.75) is 19.0 Å². The Balaban J connectivity index is 1.80. The van der Waals surface area contributed by atoms with Gasteiger partial charge in [-0.25, -0.2) is 0 Å². The third-order valence-electron chi connectivity index (χ3n) is 2.36. The third-order valence-corrected chi connectivity index (χ3v) is 4.17. The van der Waals surface area contributed by atoms with Crippen molar-refractivity contribution in [3.05, 3.63) is 0 Å². The Bertz CT molecular complexity index is 115. The standard InChI is InChI=1S/C8H15N2S2/c1-2-8(9-12-5-1)10-3-6-11-7-4-10/h8H,1-7H2. The summed E-state index contributed by atoms with van der Waals surface area (Å²) in [5, 5.41) is 0. The first kappa shape index (κ1) is 9.19. The van der Waals surface area contributed by atoms with Crippen LogP contribution in [0.15, 0.2) is 0 Å². The van der Waals surface area contributed by atoms with Gasteiger partial charge in [0.2, 0.25) is 0 Å². The van der Waals surface area contributed by atoms with Crippen LogP contribution in [0.25, 0.3) is 0 Å². The third kappa shape index (κ3) is 2.31. The predicted molar refractivity (Wildman–Crippen MR) is 56.5 cm³/mol. The molecular formula is C8H15N2S2. The summed E-state index contributed by atoms with van der Waals surface area (Å²) < 4.78 is 4.59. The molecule has 0 aromatic rings. The second-order valence-corrected chi connectivity index (χ2v) is 5.31. The van der Waals surface area contributed by atoms with E-state index in [1.165, 1.54) is 43.2 Å². The smallest absolute Gasteiger partial charge is 0.0885 e. The van der Waals surface area contributed by atoms with Crippen molar-refractivity contribution in [3.63, 3.8) is 0 Å². The SMILES string of the molecule is C1CS[N]C(N2CCSCC2)C1. The summed E-state index contributed by atoms with van der Waals surface area (Å²) in [6.45, 7) is 2.50. The van der Waals surface area contributed by atoms with E-state index < -0.39 is 0 Å². The average molecular weight is 203 g/mol. The van der Waals surface area contributed by atoms with Crippen molar-refractivity contribution in [2.75, 3.05) is 30.3 Å². The number of nitrogens with zero attached hydrogens (tertiary/aromatic N) is 2. The van der Waals surface area contributed by atoms with Gasteiger partial charge in [-0.3, -0.25) is 4.90 Å². The highest BCUT2D eigenvalue weighted by Gasteiger charge is 2.23. The number of hydrogen-bond acceptors (Lipinski definition) is 3. The first-order chi connectivity index (χ1) is 5.97. The lowest BCUT2D eigenvalue weighted by molar-refractivity contribution is 0.190. The van der Waals surface area contributed by atoms with Crippen LogP contribution in [-0.4, -0.2) is 41.4 Å². The van der Waals surface area contributed by atoms with E-state index in [2.05, 4.69) is 21.4 Å². The Labute approximate surface area is 83.0 Å². The van der Waals surface area contributed by atoms with Gasteiger partial charge >= 0.3 is 0 Å². The molecule has 2 heterocycles. The molecule has 12 heavy (non-hydrogen) atoms. The quantitative estimate of drug-likeness (QED) is 0.600. The van der Waals surface area contributed by atoms with Gasteiger partial charge in [-0.05, 0) is 12.8 Å². The van der Waals surface area contributed by atoms with E-state index in [1.54, 1.807) is 11.9 Å². The molecule has 1 radical (unpaired) electrons. The van der Waals surface area contributed by atoms with E-state index in [0.717, 1.165) is 0 Å². The molecule has 0 saturated carbocycles. The summed E-state index contributed by atoms with van der Waals surface area (Å²) in [5.74, 6) is 3.84. The molecule has 0 N–H and O–H groups in total. The molecule has 0 aromatic carbocycles. The lowest BCUT2D eigenvalue weighted by Crippen LogP contribution is -2.45. The van der Waals surface area contributed by atoms with Crippen molar-refractivity contribution in [3.8, 4) is 0 Å². The average Bonchev–Trinajstić information content (AvgIpc) is 2.21. The molecule has 2 saturated heterocycles. The largest absolute Gasteiger partial charge is 0.284 e. The summed E-state index contributed by atoms with van der Waals surface area (Å²) in [6, 6.07) is 0. The summed E-state index contributed by atoms with van der Waals surface area (Å²) >= 11 is 3.85. The van der Waals surface area contributed by atoms with Crippen LogP contribution in [0, 0.1) is 0 Å². The van der Waals surface area contributed by atoms with Gasteiger partial charge < -0.3 is 0 Å². The Kier molecular flexibility index (Phi) is 3.63.